The van der Waals surface area contributed by atoms with Gasteiger partial charge in [0.2, 0.25) is 0 Å². The Bertz CT molecular complexity index is 217. The second kappa shape index (κ2) is 17.4. The van der Waals surface area contributed by atoms with Crippen molar-refractivity contribution in [2.45, 2.75) is 107 Å². The van der Waals surface area contributed by atoms with Crippen LogP contribution in [0.5, 0.6) is 0 Å². The van der Waals surface area contributed by atoms with Crippen molar-refractivity contribution >= 4 is 57.4 Å². The van der Waals surface area contributed by atoms with Crippen molar-refractivity contribution in [2.24, 2.45) is 0 Å². The Kier molecular flexibility index (Phi) is 18.7. The van der Waals surface area contributed by atoms with Gasteiger partial charge in [0.15, 0.2) is 3.79 Å². The van der Waals surface area contributed by atoms with Crippen LogP contribution in [0, 0.1) is 0 Å². The second-order valence-electron chi connectivity index (χ2n) is 6.36. The molecule has 0 N–H and O–H groups in total. The predicted octanol–water partition coefficient (Wildman–Crippen LogP) is 9.03. The third-order valence-corrected chi connectivity index (χ3v) is 5.42. The van der Waals surface area contributed by atoms with Gasteiger partial charge in [-0.05, 0) is 23.7 Å². The maximum atomic E-state index is 5.73. The van der Waals surface area contributed by atoms with Gasteiger partial charge in [0, 0.05) is 0 Å². The summed E-state index contributed by atoms with van der Waals surface area (Å²) in [5, 5.41) is 0. The van der Waals surface area contributed by atoms with Gasteiger partial charge >= 0.3 is 0 Å². The fourth-order valence-corrected chi connectivity index (χ4v) is 3.66. The molecule has 22 heavy (non-hydrogen) atoms. The molecule has 0 aromatic rings. The van der Waals surface area contributed by atoms with E-state index in [1.807, 2.05) is 0 Å². The maximum Gasteiger partial charge on any atom is 0.190 e. The Balaban J connectivity index is 3.00. The van der Waals surface area contributed by atoms with E-state index in [0.29, 0.717) is 6.42 Å². The highest BCUT2D eigenvalue weighted by Crippen LogP contribution is 2.32. The number of hydrogen-bond acceptors (Lipinski definition) is 0. The third-order valence-electron chi connectivity index (χ3n) is 4.09. The van der Waals surface area contributed by atoms with E-state index in [9.17, 15) is 0 Å². The number of halogens is 4. The van der Waals surface area contributed by atoms with Gasteiger partial charge in [0.05, 0.1) is 0 Å². The van der Waals surface area contributed by atoms with Crippen LogP contribution in [-0.2, 0) is 0 Å². The quantitative estimate of drug-likeness (QED) is 0.117. The van der Waals surface area contributed by atoms with Crippen molar-refractivity contribution in [2.75, 3.05) is 4.43 Å². The lowest BCUT2D eigenvalue weighted by Gasteiger charge is -2.09. The van der Waals surface area contributed by atoms with Gasteiger partial charge < -0.3 is 0 Å². The first-order valence-electron chi connectivity index (χ1n) is 9.19. The molecule has 0 atom stereocenters. The van der Waals surface area contributed by atoms with E-state index in [0.717, 1.165) is 6.42 Å². The van der Waals surface area contributed by atoms with Crippen LogP contribution in [0.2, 0.25) is 0 Å². The average Bonchev–Trinajstić information content (AvgIpc) is 2.45. The van der Waals surface area contributed by atoms with Gasteiger partial charge in [-0.25, -0.2) is 0 Å². The predicted molar refractivity (Wildman–Crippen MR) is 113 cm³/mol. The zero-order valence-electron chi connectivity index (χ0n) is 14.0. The van der Waals surface area contributed by atoms with Crippen LogP contribution in [0.25, 0.3) is 0 Å². The normalized spacial score (nSPS) is 12.0. The molecule has 0 spiro atoms. The van der Waals surface area contributed by atoms with Crippen molar-refractivity contribution in [1.29, 1.82) is 0 Å². The summed E-state index contributed by atoms with van der Waals surface area (Å²) in [6, 6.07) is 0. The summed E-state index contributed by atoms with van der Waals surface area (Å²) in [5.41, 5.74) is 0. The average molecular weight is 484 g/mol. The molecule has 0 saturated heterocycles. The molecule has 0 aromatic carbocycles. The molecule has 4 heteroatoms. The lowest BCUT2D eigenvalue weighted by molar-refractivity contribution is 0.530. The van der Waals surface area contributed by atoms with E-state index >= 15 is 0 Å². The van der Waals surface area contributed by atoms with Crippen molar-refractivity contribution in [1.82, 2.24) is 0 Å². The minimum Gasteiger partial charge on any atom is -0.0864 e. The summed E-state index contributed by atoms with van der Waals surface area (Å²) < 4.78 is 0.278. The third kappa shape index (κ3) is 21.6. The molecule has 0 saturated carbocycles. The van der Waals surface area contributed by atoms with Gasteiger partial charge in [-0.3, -0.25) is 0 Å². The van der Waals surface area contributed by atoms with Crippen LogP contribution in [0.4, 0.5) is 0 Å². The summed E-state index contributed by atoms with van der Waals surface area (Å²) in [7, 11) is 0. The topological polar surface area (TPSA) is 0 Å². The molecule has 0 radical (unpaired) electrons. The van der Waals surface area contributed by atoms with E-state index in [2.05, 4.69) is 22.6 Å². The SMILES string of the molecule is ClC(Cl)(Cl)CCCCCCCCCCCCCCCCCI. The minimum absolute atomic E-state index is 0.690. The lowest BCUT2D eigenvalue weighted by atomic mass is 10.0. The van der Waals surface area contributed by atoms with Gasteiger partial charge in [-0.15, -0.1) is 0 Å². The number of hydrogen-bond donors (Lipinski definition) is 0. The molecule has 0 rings (SSSR count). The first-order chi connectivity index (χ1) is 10.6. The fraction of sp³-hybridized carbons (Fsp3) is 1.00. The monoisotopic (exact) mass is 482 g/mol. The van der Waals surface area contributed by atoms with Gasteiger partial charge in [-0.1, -0.05) is 141 Å². The lowest BCUT2D eigenvalue weighted by Crippen LogP contribution is -2.00. The molecule has 0 heterocycles. The van der Waals surface area contributed by atoms with E-state index < -0.39 is 3.79 Å². The van der Waals surface area contributed by atoms with Crippen LogP contribution in [-0.4, -0.2) is 8.22 Å². The Morgan fingerprint density at radius 2 is 0.727 bits per heavy atom. The van der Waals surface area contributed by atoms with Crippen LogP contribution < -0.4 is 0 Å². The summed E-state index contributed by atoms with van der Waals surface area (Å²) in [6.45, 7) is 0. The van der Waals surface area contributed by atoms with Gasteiger partial charge in [-0.2, -0.15) is 0 Å². The smallest absolute Gasteiger partial charge is 0.0864 e. The van der Waals surface area contributed by atoms with Crippen molar-refractivity contribution < 1.29 is 0 Å². The minimum atomic E-state index is -1.05. The standard InChI is InChI=1S/C18H34Cl3I/c19-18(20,21)16-14-12-10-8-6-4-2-1-3-5-7-9-11-13-15-17-22/h1-17H2. The Morgan fingerprint density at radius 1 is 0.455 bits per heavy atom. The molecular formula is C18H34Cl3I. The number of alkyl halides is 4. The summed E-state index contributed by atoms with van der Waals surface area (Å²) >= 11 is 19.7. The first kappa shape index (κ1) is 23.6. The van der Waals surface area contributed by atoms with E-state index in [-0.39, 0.29) is 0 Å². The Morgan fingerprint density at radius 3 is 1.00 bits per heavy atom. The molecule has 0 aliphatic heterocycles. The molecular weight excluding hydrogens is 449 g/mol. The van der Waals surface area contributed by atoms with E-state index in [4.69, 9.17) is 34.8 Å². The highest BCUT2D eigenvalue weighted by molar-refractivity contribution is 14.1. The van der Waals surface area contributed by atoms with E-state index in [1.165, 1.54) is 94.3 Å². The fourth-order valence-electron chi connectivity index (χ4n) is 2.72. The highest BCUT2D eigenvalue weighted by atomic mass is 127. The Labute approximate surface area is 167 Å². The zero-order chi connectivity index (χ0) is 16.5. The van der Waals surface area contributed by atoms with E-state index in [1.54, 1.807) is 0 Å². The van der Waals surface area contributed by atoms with Crippen LogP contribution in [0.15, 0.2) is 0 Å². The summed E-state index contributed by atoms with van der Waals surface area (Å²) in [6.07, 6.45) is 21.3. The zero-order valence-corrected chi connectivity index (χ0v) is 18.5. The molecule has 0 aliphatic rings. The van der Waals surface area contributed by atoms with Gasteiger partial charge in [0.25, 0.3) is 0 Å². The van der Waals surface area contributed by atoms with Crippen LogP contribution in [0.1, 0.15) is 103 Å². The summed E-state index contributed by atoms with van der Waals surface area (Å²) in [5.74, 6) is 0. The molecule has 0 aliphatic carbocycles. The van der Waals surface area contributed by atoms with Crippen molar-refractivity contribution in [3.8, 4) is 0 Å². The number of unbranched alkanes of at least 4 members (excludes halogenated alkanes) is 14. The van der Waals surface area contributed by atoms with Crippen molar-refractivity contribution in [3.63, 3.8) is 0 Å². The van der Waals surface area contributed by atoms with Crippen LogP contribution in [0.3, 0.4) is 0 Å². The molecule has 0 unspecified atom stereocenters. The summed E-state index contributed by atoms with van der Waals surface area (Å²) in [4.78, 5) is 0. The molecule has 0 fully saturated rings. The molecule has 0 nitrogen and oxygen atoms in total. The second-order valence-corrected chi connectivity index (χ2v) is 9.95. The largest absolute Gasteiger partial charge is 0.190 e. The molecule has 0 amide bonds. The number of rotatable bonds is 16. The van der Waals surface area contributed by atoms with Crippen LogP contribution >= 0.6 is 57.4 Å². The highest BCUT2D eigenvalue weighted by Gasteiger charge is 2.17. The van der Waals surface area contributed by atoms with Gasteiger partial charge in [0.1, 0.15) is 0 Å². The molecule has 0 aromatic heterocycles. The maximum absolute atomic E-state index is 5.73. The first-order valence-corrected chi connectivity index (χ1v) is 11.8. The Hall–Kier alpha value is 1.60. The van der Waals surface area contributed by atoms with Crippen molar-refractivity contribution in [3.05, 3.63) is 0 Å². The molecule has 0 bridgehead atoms. The molecule has 134 valence electrons.